The number of aromatic amines is 1. The van der Waals surface area contributed by atoms with Crippen molar-refractivity contribution in [3.05, 3.63) is 49.6 Å². The molecule has 172 valence electrons. The number of carbonyl (C=O) groups excluding carboxylic acids is 1. The summed E-state index contributed by atoms with van der Waals surface area (Å²) in [5.74, 6) is 0.145. The van der Waals surface area contributed by atoms with Crippen molar-refractivity contribution >= 4 is 44.8 Å². The molecule has 0 saturated carbocycles. The van der Waals surface area contributed by atoms with E-state index in [-0.39, 0.29) is 30.9 Å². The largest absolute Gasteiger partial charge is 0.491 e. The van der Waals surface area contributed by atoms with Crippen molar-refractivity contribution in [1.29, 1.82) is 0 Å². The van der Waals surface area contributed by atoms with Gasteiger partial charge in [-0.25, -0.2) is 9.78 Å². The molecule has 0 spiro atoms. The highest BCUT2D eigenvalue weighted by Crippen LogP contribution is 2.26. The van der Waals surface area contributed by atoms with Gasteiger partial charge in [0.05, 0.1) is 13.2 Å². The van der Waals surface area contributed by atoms with Gasteiger partial charge in [-0.2, -0.15) is 0 Å². The number of ether oxygens (including phenoxy) is 2. The van der Waals surface area contributed by atoms with Gasteiger partial charge < -0.3 is 19.1 Å². The molecule has 0 bridgehead atoms. The van der Waals surface area contributed by atoms with Crippen LogP contribution in [0.15, 0.2) is 43.5 Å². The summed E-state index contributed by atoms with van der Waals surface area (Å²) >= 11 is 4.42. The number of aryl methyl sites for hydroxylation is 1. The first-order valence-electron chi connectivity index (χ1n) is 9.80. The van der Waals surface area contributed by atoms with Gasteiger partial charge in [0.15, 0.2) is 16.3 Å². The van der Waals surface area contributed by atoms with Gasteiger partial charge in [0.1, 0.15) is 23.7 Å². The summed E-state index contributed by atoms with van der Waals surface area (Å²) in [7, 11) is 1.48. The molecule has 0 aliphatic rings. The lowest BCUT2D eigenvalue weighted by Gasteiger charge is -2.16. The van der Waals surface area contributed by atoms with Gasteiger partial charge in [-0.15, -0.1) is 0 Å². The first-order valence-corrected chi connectivity index (χ1v) is 11.5. The molecule has 2 N–H and O–H groups in total. The van der Waals surface area contributed by atoms with E-state index < -0.39 is 28.6 Å². The smallest absolute Gasteiger partial charge is 0.329 e. The number of aromatic nitrogens is 4. The molecular formula is C20H23BrN4O6S. The van der Waals surface area contributed by atoms with Crippen molar-refractivity contribution in [2.24, 2.45) is 7.05 Å². The third kappa shape index (κ3) is 5.43. The zero-order chi connectivity index (χ0) is 23.4. The Balaban J connectivity index is 1.91. The van der Waals surface area contributed by atoms with Crippen LogP contribution in [0.3, 0.4) is 0 Å². The fourth-order valence-electron chi connectivity index (χ4n) is 2.93. The number of benzene rings is 1. The number of nitrogens with one attached hydrogen (secondary N) is 1. The number of aliphatic hydroxyl groups excluding tert-OH is 1. The molecule has 3 rings (SSSR count). The molecule has 10 nitrogen and oxygen atoms in total. The summed E-state index contributed by atoms with van der Waals surface area (Å²) in [5, 5.41) is 10.3. The van der Waals surface area contributed by atoms with Crippen LogP contribution < -0.4 is 16.0 Å². The second-order valence-electron chi connectivity index (χ2n) is 6.93. The van der Waals surface area contributed by atoms with E-state index >= 15 is 0 Å². The minimum absolute atomic E-state index is 0.0355. The predicted octanol–water partition coefficient (Wildman–Crippen LogP) is 1.67. The Bertz CT molecular complexity index is 1220. The van der Waals surface area contributed by atoms with Gasteiger partial charge in [0.25, 0.3) is 5.56 Å². The Morgan fingerprint density at radius 3 is 2.66 bits per heavy atom. The number of imidazole rings is 1. The Labute approximate surface area is 195 Å². The van der Waals surface area contributed by atoms with Crippen LogP contribution in [0.25, 0.3) is 11.2 Å². The molecule has 2 aromatic heterocycles. The average Bonchev–Trinajstić information content (AvgIpc) is 3.10. The van der Waals surface area contributed by atoms with E-state index in [9.17, 15) is 19.5 Å². The summed E-state index contributed by atoms with van der Waals surface area (Å²) in [6, 6.07) is 7.14. The number of aliphatic hydroxyl groups is 1. The molecule has 2 heterocycles. The number of H-pyrrole nitrogens is 1. The first kappa shape index (κ1) is 24.1. The van der Waals surface area contributed by atoms with Gasteiger partial charge in [0, 0.05) is 11.5 Å². The normalized spacial score (nSPS) is 13.2. The summed E-state index contributed by atoms with van der Waals surface area (Å²) in [4.78, 5) is 43.3. The number of rotatable bonds is 9. The number of esters is 1. The van der Waals surface area contributed by atoms with Gasteiger partial charge in [-0.1, -0.05) is 27.7 Å². The summed E-state index contributed by atoms with van der Waals surface area (Å²) < 4.78 is 14.3. The van der Waals surface area contributed by atoms with Gasteiger partial charge in [-0.3, -0.25) is 19.1 Å². The number of hydrogen-bond acceptors (Lipinski definition) is 8. The number of fused-ring (bicyclic) bond motifs is 1. The zero-order valence-electron chi connectivity index (χ0n) is 17.7. The highest BCUT2D eigenvalue weighted by Gasteiger charge is 2.24. The number of halogens is 1. The fraction of sp³-hybridized carbons (Fsp3) is 0.400. The van der Waals surface area contributed by atoms with Crippen molar-refractivity contribution in [3.8, 4) is 5.75 Å². The second-order valence-corrected chi connectivity index (χ2v) is 9.15. The number of thioether (sulfide) groups is 1. The van der Waals surface area contributed by atoms with Gasteiger partial charge >= 0.3 is 11.7 Å². The van der Waals surface area contributed by atoms with E-state index in [2.05, 4.69) is 25.9 Å². The van der Waals surface area contributed by atoms with E-state index in [1.165, 1.54) is 16.2 Å². The molecule has 0 radical (unpaired) electrons. The lowest BCUT2D eigenvalue weighted by Crippen LogP contribution is -2.31. The molecule has 3 aromatic rings. The van der Waals surface area contributed by atoms with Crippen LogP contribution in [0.1, 0.15) is 13.8 Å². The standard InChI is InChI=1S/C20H23BrN4O6S/c1-4-30-18(28)11(2)32-20-22-16-15(17(27)23-19(29)24(16)3)25(20)9-13(26)10-31-14-7-5-12(21)6-8-14/h5-8,11,13,26H,4,9-10H2,1-3H3,(H,23,27,29)/t11-,13-/m1/s1. The van der Waals surface area contributed by atoms with Crippen LogP contribution in [-0.4, -0.2) is 54.7 Å². The van der Waals surface area contributed by atoms with Crippen LogP contribution >= 0.6 is 27.7 Å². The quantitative estimate of drug-likeness (QED) is 0.318. The van der Waals surface area contributed by atoms with E-state index in [1.807, 2.05) is 12.1 Å². The molecule has 0 unspecified atom stereocenters. The topological polar surface area (TPSA) is 128 Å². The van der Waals surface area contributed by atoms with Crippen molar-refractivity contribution < 1.29 is 19.4 Å². The monoisotopic (exact) mass is 526 g/mol. The summed E-state index contributed by atoms with van der Waals surface area (Å²) in [5.41, 5.74) is -0.972. The number of carbonyl (C=O) groups is 1. The summed E-state index contributed by atoms with van der Waals surface area (Å²) in [6.07, 6.45) is -0.995. The Morgan fingerprint density at radius 2 is 2.00 bits per heavy atom. The fourth-order valence-corrected chi connectivity index (χ4v) is 4.10. The molecule has 1 aromatic carbocycles. The molecule has 0 saturated heterocycles. The average molecular weight is 527 g/mol. The molecule has 2 atom stereocenters. The summed E-state index contributed by atoms with van der Waals surface area (Å²) in [6.45, 7) is 3.53. The van der Waals surface area contributed by atoms with Gasteiger partial charge in [-0.05, 0) is 38.1 Å². The predicted molar refractivity (Wildman–Crippen MR) is 123 cm³/mol. The first-order chi connectivity index (χ1) is 15.2. The van der Waals surface area contributed by atoms with Crippen LogP contribution in [0, 0.1) is 0 Å². The zero-order valence-corrected chi connectivity index (χ0v) is 20.1. The van der Waals surface area contributed by atoms with Crippen LogP contribution in [0.4, 0.5) is 0 Å². The van der Waals surface area contributed by atoms with E-state index in [1.54, 1.807) is 26.0 Å². The Morgan fingerprint density at radius 1 is 1.31 bits per heavy atom. The minimum atomic E-state index is -0.995. The third-order valence-corrected chi connectivity index (χ3v) is 6.12. The molecule has 0 amide bonds. The Kier molecular flexibility index (Phi) is 7.80. The van der Waals surface area contributed by atoms with Crippen molar-refractivity contribution in [1.82, 2.24) is 19.1 Å². The molecule has 32 heavy (non-hydrogen) atoms. The van der Waals surface area contributed by atoms with Crippen molar-refractivity contribution in [2.45, 2.75) is 36.9 Å². The molecular weight excluding hydrogens is 504 g/mol. The van der Waals surface area contributed by atoms with Crippen LogP contribution in [0.5, 0.6) is 5.75 Å². The van der Waals surface area contributed by atoms with Crippen LogP contribution in [-0.2, 0) is 23.1 Å². The maximum atomic E-state index is 12.6. The molecule has 0 fully saturated rings. The highest BCUT2D eigenvalue weighted by atomic mass is 79.9. The number of hydrogen-bond donors (Lipinski definition) is 2. The maximum absolute atomic E-state index is 12.6. The minimum Gasteiger partial charge on any atom is -0.491 e. The second kappa shape index (κ2) is 10.4. The van der Waals surface area contributed by atoms with Crippen molar-refractivity contribution in [3.63, 3.8) is 0 Å². The third-order valence-electron chi connectivity index (χ3n) is 4.52. The molecule has 12 heteroatoms. The lowest BCUT2D eigenvalue weighted by molar-refractivity contribution is -0.142. The number of nitrogens with zero attached hydrogens (tertiary/aromatic N) is 3. The molecule has 0 aliphatic heterocycles. The lowest BCUT2D eigenvalue weighted by atomic mass is 10.3. The van der Waals surface area contributed by atoms with E-state index in [4.69, 9.17) is 9.47 Å². The highest BCUT2D eigenvalue weighted by molar-refractivity contribution is 9.10. The van der Waals surface area contributed by atoms with E-state index in [0.29, 0.717) is 10.9 Å². The molecule has 0 aliphatic carbocycles. The van der Waals surface area contributed by atoms with Crippen LogP contribution in [0.2, 0.25) is 0 Å². The Hall–Kier alpha value is -2.57. The van der Waals surface area contributed by atoms with E-state index in [0.717, 1.165) is 16.2 Å². The maximum Gasteiger partial charge on any atom is 0.329 e. The van der Waals surface area contributed by atoms with Gasteiger partial charge in [0.2, 0.25) is 0 Å². The van der Waals surface area contributed by atoms with Crippen molar-refractivity contribution in [2.75, 3.05) is 13.2 Å². The SMILES string of the molecule is CCOC(=O)[C@@H](C)Sc1nc2c(c(=O)[nH]c(=O)n2C)n1C[C@@H](O)COc1ccc(Br)cc1.